The van der Waals surface area contributed by atoms with Gasteiger partial charge in [0.25, 0.3) is 18.2 Å². The van der Waals surface area contributed by atoms with Crippen molar-refractivity contribution < 1.29 is 22.7 Å². The molecule has 0 aliphatic heterocycles. The number of fused-ring (bicyclic) bond motifs is 1. The number of nitrogens with zero attached hydrogens (tertiary/aromatic N) is 2. The Balaban J connectivity index is 1.60. The molecule has 0 saturated carbocycles. The zero-order valence-electron chi connectivity index (χ0n) is 19.1. The molecule has 8 heteroatoms. The van der Waals surface area contributed by atoms with Crippen molar-refractivity contribution in [3.63, 3.8) is 0 Å². The molecule has 1 atom stereocenters. The van der Waals surface area contributed by atoms with E-state index in [9.17, 15) is 18.0 Å². The maximum atomic E-state index is 15.0. The second-order valence-corrected chi connectivity index (χ2v) is 8.53. The topological polar surface area (TPSA) is 64.1 Å². The van der Waals surface area contributed by atoms with Gasteiger partial charge in [0.15, 0.2) is 0 Å². The van der Waals surface area contributed by atoms with E-state index in [0.29, 0.717) is 29.7 Å². The molecule has 0 bridgehead atoms. The largest absolute Gasteiger partial charge is 0.437 e. The van der Waals surface area contributed by atoms with Crippen LogP contribution in [0.5, 0.6) is 11.6 Å². The second-order valence-electron chi connectivity index (χ2n) is 8.53. The van der Waals surface area contributed by atoms with E-state index in [1.165, 1.54) is 24.3 Å². The summed E-state index contributed by atoms with van der Waals surface area (Å²) >= 11 is 0. The fourth-order valence-electron chi connectivity index (χ4n) is 4.24. The van der Waals surface area contributed by atoms with Gasteiger partial charge in [0.2, 0.25) is 0 Å². The van der Waals surface area contributed by atoms with E-state index in [2.05, 4.69) is 15.5 Å². The molecular weight excluding hydrogens is 443 g/mol. The molecule has 2 aromatic carbocycles. The first-order chi connectivity index (χ1) is 16.3. The van der Waals surface area contributed by atoms with Gasteiger partial charge < -0.3 is 10.1 Å². The van der Waals surface area contributed by atoms with Crippen molar-refractivity contribution in [3.8, 4) is 11.6 Å². The summed E-state index contributed by atoms with van der Waals surface area (Å²) in [6, 6.07) is 10.9. The van der Waals surface area contributed by atoms with E-state index >= 15 is 0 Å². The molecule has 1 aromatic heterocycles. The first kappa shape index (κ1) is 23.7. The monoisotopic (exact) mass is 469 g/mol. The van der Waals surface area contributed by atoms with Gasteiger partial charge in [0.05, 0.1) is 12.2 Å². The minimum Gasteiger partial charge on any atom is -0.437 e. The lowest BCUT2D eigenvalue weighted by atomic mass is 9.92. The molecule has 1 unspecified atom stereocenters. The van der Waals surface area contributed by atoms with Crippen molar-refractivity contribution in [2.75, 3.05) is 6.54 Å². The molecule has 0 fully saturated rings. The quantitative estimate of drug-likeness (QED) is 0.451. The van der Waals surface area contributed by atoms with Gasteiger partial charge in [-0.1, -0.05) is 35.9 Å². The number of carbonyl (C=O) groups is 1. The van der Waals surface area contributed by atoms with Crippen LogP contribution in [0.15, 0.2) is 42.5 Å². The molecule has 0 saturated heterocycles. The highest BCUT2D eigenvalue weighted by molar-refractivity contribution is 5.98. The molecule has 178 valence electrons. The van der Waals surface area contributed by atoms with Crippen LogP contribution >= 0.6 is 0 Å². The van der Waals surface area contributed by atoms with E-state index in [-0.39, 0.29) is 29.3 Å². The van der Waals surface area contributed by atoms with Crippen LogP contribution in [0.4, 0.5) is 13.2 Å². The normalized spacial score (nSPS) is 13.9. The summed E-state index contributed by atoms with van der Waals surface area (Å²) in [5.41, 5.74) is 3.75. The summed E-state index contributed by atoms with van der Waals surface area (Å²) in [7, 11) is 0. The highest BCUT2D eigenvalue weighted by atomic mass is 19.3. The number of rotatable bonds is 7. The Morgan fingerprint density at radius 2 is 1.85 bits per heavy atom. The van der Waals surface area contributed by atoms with Crippen molar-refractivity contribution in [3.05, 3.63) is 81.5 Å². The first-order valence-corrected chi connectivity index (χ1v) is 11.3. The van der Waals surface area contributed by atoms with E-state index in [0.717, 1.165) is 24.0 Å². The van der Waals surface area contributed by atoms with Crippen LogP contribution in [0.2, 0.25) is 0 Å². The lowest BCUT2D eigenvalue weighted by Crippen LogP contribution is -2.30. The highest BCUT2D eigenvalue weighted by Gasteiger charge is 2.26. The standard InChI is InChI=1S/C26H26F3N3O2/c1-15-10-11-19(16(2)12-15)21(27)14-30-25(33)23-20-8-3-4-9-22(20)31-32-26(23)34-18-7-5-6-17(13-18)24(28)29/h5-7,10-13,21,24H,3-4,8-9,14H2,1-2H3,(H,30,33). The molecule has 3 aromatic rings. The van der Waals surface area contributed by atoms with Gasteiger partial charge in [-0.3, -0.25) is 4.79 Å². The van der Waals surface area contributed by atoms with E-state index in [1.54, 1.807) is 6.07 Å². The van der Waals surface area contributed by atoms with Crippen LogP contribution in [0.3, 0.4) is 0 Å². The number of alkyl halides is 3. The fraction of sp³-hybridized carbons (Fsp3) is 0.346. The van der Waals surface area contributed by atoms with Crippen molar-refractivity contribution in [2.24, 2.45) is 0 Å². The summed E-state index contributed by atoms with van der Waals surface area (Å²) in [6.07, 6.45) is -0.962. The molecule has 1 aliphatic rings. The third-order valence-electron chi connectivity index (χ3n) is 5.97. The maximum absolute atomic E-state index is 15.0. The van der Waals surface area contributed by atoms with Gasteiger partial charge in [-0.25, -0.2) is 13.2 Å². The van der Waals surface area contributed by atoms with E-state index < -0.39 is 18.5 Å². The molecule has 34 heavy (non-hydrogen) atoms. The zero-order chi connectivity index (χ0) is 24.2. The van der Waals surface area contributed by atoms with Crippen LogP contribution in [0, 0.1) is 13.8 Å². The zero-order valence-corrected chi connectivity index (χ0v) is 19.1. The van der Waals surface area contributed by atoms with Crippen LogP contribution in [-0.4, -0.2) is 22.6 Å². The summed E-state index contributed by atoms with van der Waals surface area (Å²) < 4.78 is 46.9. The van der Waals surface area contributed by atoms with Crippen molar-refractivity contribution >= 4 is 5.91 Å². The average Bonchev–Trinajstić information content (AvgIpc) is 2.82. The maximum Gasteiger partial charge on any atom is 0.263 e. The van der Waals surface area contributed by atoms with Gasteiger partial charge >= 0.3 is 0 Å². The van der Waals surface area contributed by atoms with Gasteiger partial charge in [-0.2, -0.15) is 5.10 Å². The fourth-order valence-corrected chi connectivity index (χ4v) is 4.24. The molecule has 1 N–H and O–H groups in total. The number of hydrogen-bond donors (Lipinski definition) is 1. The number of nitrogens with one attached hydrogen (secondary N) is 1. The Bertz CT molecular complexity index is 1200. The van der Waals surface area contributed by atoms with Crippen LogP contribution in [0.25, 0.3) is 0 Å². The molecule has 0 spiro atoms. The predicted octanol–water partition coefficient (Wildman–Crippen LogP) is 6.14. The summed E-state index contributed by atoms with van der Waals surface area (Å²) in [4.78, 5) is 13.2. The molecule has 1 amide bonds. The van der Waals surface area contributed by atoms with E-state index in [1.807, 2.05) is 26.0 Å². The third-order valence-corrected chi connectivity index (χ3v) is 5.97. The Hall–Kier alpha value is -3.42. The minimum absolute atomic E-state index is 0.0773. The molecule has 0 radical (unpaired) electrons. The van der Waals surface area contributed by atoms with Gasteiger partial charge in [0, 0.05) is 5.56 Å². The van der Waals surface area contributed by atoms with Crippen molar-refractivity contribution in [1.82, 2.24) is 15.5 Å². The van der Waals surface area contributed by atoms with Gasteiger partial charge in [-0.05, 0) is 68.4 Å². The number of ether oxygens (including phenoxy) is 1. The molecule has 1 heterocycles. The second kappa shape index (κ2) is 10.2. The Labute approximate surface area is 196 Å². The predicted molar refractivity (Wildman–Crippen MR) is 122 cm³/mol. The van der Waals surface area contributed by atoms with Crippen LogP contribution in [-0.2, 0) is 12.8 Å². The highest BCUT2D eigenvalue weighted by Crippen LogP contribution is 2.32. The SMILES string of the molecule is Cc1ccc(C(F)CNC(=O)c2c(Oc3cccc(C(F)F)c3)nnc3c2CCCC3)c(C)c1. The Kier molecular flexibility index (Phi) is 7.14. The van der Waals surface area contributed by atoms with Gasteiger partial charge in [-0.15, -0.1) is 5.10 Å². The summed E-state index contributed by atoms with van der Waals surface area (Å²) in [6.45, 7) is 3.55. The molecule has 1 aliphatic carbocycles. The third kappa shape index (κ3) is 5.21. The lowest BCUT2D eigenvalue weighted by molar-refractivity contribution is 0.0936. The Morgan fingerprint density at radius 3 is 2.62 bits per heavy atom. The molecular formula is C26H26F3N3O2. The summed E-state index contributed by atoms with van der Waals surface area (Å²) in [5, 5.41) is 10.9. The van der Waals surface area contributed by atoms with Crippen molar-refractivity contribution in [1.29, 1.82) is 0 Å². The number of amides is 1. The number of aryl methyl sites for hydroxylation is 3. The van der Waals surface area contributed by atoms with Crippen LogP contribution < -0.4 is 10.1 Å². The molecule has 4 rings (SSSR count). The minimum atomic E-state index is -2.66. The Morgan fingerprint density at radius 1 is 1.06 bits per heavy atom. The number of carbonyl (C=O) groups excluding carboxylic acids is 1. The number of halogens is 3. The van der Waals surface area contributed by atoms with Gasteiger partial charge in [0.1, 0.15) is 17.5 Å². The van der Waals surface area contributed by atoms with Crippen LogP contribution in [0.1, 0.15) is 69.3 Å². The molecule has 5 nitrogen and oxygen atoms in total. The number of benzene rings is 2. The van der Waals surface area contributed by atoms with E-state index in [4.69, 9.17) is 4.74 Å². The lowest BCUT2D eigenvalue weighted by Gasteiger charge is -2.20. The summed E-state index contributed by atoms with van der Waals surface area (Å²) in [5.74, 6) is -0.484. The smallest absolute Gasteiger partial charge is 0.263 e. The number of aromatic nitrogens is 2. The van der Waals surface area contributed by atoms with Crippen molar-refractivity contribution in [2.45, 2.75) is 52.1 Å². The first-order valence-electron chi connectivity index (χ1n) is 11.3. The average molecular weight is 470 g/mol. The number of hydrogen-bond acceptors (Lipinski definition) is 4.